The number of fused-ring (bicyclic) bond motifs is 1. The summed E-state index contributed by atoms with van der Waals surface area (Å²) in [6.07, 6.45) is 2.70. The second-order valence-corrected chi connectivity index (χ2v) is 7.02. The number of hydrogen-bond acceptors (Lipinski definition) is 5. The van der Waals surface area contributed by atoms with E-state index in [1.165, 1.54) is 16.7 Å². The highest BCUT2D eigenvalue weighted by Gasteiger charge is 2.52. The summed E-state index contributed by atoms with van der Waals surface area (Å²) in [5, 5.41) is 19.0. The zero-order valence-corrected chi connectivity index (χ0v) is 11.9. The van der Waals surface area contributed by atoms with E-state index >= 15 is 0 Å². The smallest absolute Gasteiger partial charge is 0.246 e. The Labute approximate surface area is 117 Å². The van der Waals surface area contributed by atoms with Crippen molar-refractivity contribution in [3.05, 3.63) is 12.4 Å². The van der Waals surface area contributed by atoms with Crippen LogP contribution in [-0.4, -0.2) is 60.8 Å². The van der Waals surface area contributed by atoms with E-state index in [-0.39, 0.29) is 35.2 Å². The summed E-state index contributed by atoms with van der Waals surface area (Å²) in [6.45, 7) is 2.28. The van der Waals surface area contributed by atoms with Crippen molar-refractivity contribution in [2.45, 2.75) is 4.90 Å². The van der Waals surface area contributed by atoms with Crippen LogP contribution in [0.2, 0.25) is 0 Å². The third-order valence-corrected chi connectivity index (χ3v) is 5.85. The molecule has 108 valence electrons. The Morgan fingerprint density at radius 2 is 2.37 bits per heavy atom. The number of nitrogens with zero attached hydrogens (tertiary/aromatic N) is 2. The second kappa shape index (κ2) is 5.02. The average molecular weight is 309 g/mol. The van der Waals surface area contributed by atoms with Crippen LogP contribution in [0.5, 0.6) is 0 Å². The van der Waals surface area contributed by atoms with Crippen molar-refractivity contribution in [2.75, 3.05) is 32.8 Å². The van der Waals surface area contributed by atoms with Crippen LogP contribution < -0.4 is 5.32 Å². The lowest BCUT2D eigenvalue weighted by Crippen LogP contribution is -2.37. The van der Waals surface area contributed by atoms with Crippen molar-refractivity contribution in [1.82, 2.24) is 19.8 Å². The van der Waals surface area contributed by atoms with Gasteiger partial charge in [0.1, 0.15) is 4.90 Å². The third kappa shape index (κ3) is 2.17. The van der Waals surface area contributed by atoms with Crippen LogP contribution in [0, 0.1) is 11.3 Å². The summed E-state index contributed by atoms with van der Waals surface area (Å²) in [4.78, 5) is 0.184. The molecule has 3 rings (SSSR count). The molecule has 1 aromatic rings. The van der Waals surface area contributed by atoms with Crippen LogP contribution in [0.3, 0.4) is 0 Å². The van der Waals surface area contributed by atoms with Crippen LogP contribution in [0.4, 0.5) is 0 Å². The minimum absolute atomic E-state index is 0. The molecular formula is C10H17ClN4O3S. The molecule has 2 aliphatic heterocycles. The Balaban J connectivity index is 0.00000133. The van der Waals surface area contributed by atoms with E-state index in [0.717, 1.165) is 6.54 Å². The first kappa shape index (κ1) is 14.7. The van der Waals surface area contributed by atoms with Crippen LogP contribution in [0.15, 0.2) is 17.3 Å². The molecule has 19 heavy (non-hydrogen) atoms. The number of nitrogens with one attached hydrogen (secondary N) is 2. The lowest BCUT2D eigenvalue weighted by atomic mass is 9.82. The topological polar surface area (TPSA) is 98.3 Å². The van der Waals surface area contributed by atoms with Gasteiger partial charge in [0.2, 0.25) is 10.0 Å². The third-order valence-electron chi connectivity index (χ3n) is 4.07. The fourth-order valence-electron chi connectivity index (χ4n) is 2.91. The van der Waals surface area contributed by atoms with E-state index < -0.39 is 10.0 Å². The highest BCUT2D eigenvalue weighted by Crippen LogP contribution is 2.40. The van der Waals surface area contributed by atoms with Crippen molar-refractivity contribution >= 4 is 22.4 Å². The van der Waals surface area contributed by atoms with Crippen molar-refractivity contribution in [3.63, 3.8) is 0 Å². The molecule has 3 N–H and O–H groups in total. The lowest BCUT2D eigenvalue weighted by molar-refractivity contribution is 0.130. The molecule has 2 saturated heterocycles. The van der Waals surface area contributed by atoms with Gasteiger partial charge in [0.15, 0.2) is 0 Å². The first-order chi connectivity index (χ1) is 8.58. The van der Waals surface area contributed by atoms with Gasteiger partial charge in [-0.05, 0) is 12.5 Å². The number of rotatable bonds is 3. The summed E-state index contributed by atoms with van der Waals surface area (Å²) in [5.41, 5.74) is -0.323. The van der Waals surface area contributed by atoms with Crippen LogP contribution in [0.1, 0.15) is 0 Å². The van der Waals surface area contributed by atoms with E-state index in [2.05, 4.69) is 15.5 Å². The molecule has 2 atom stereocenters. The molecule has 0 radical (unpaired) electrons. The van der Waals surface area contributed by atoms with Gasteiger partial charge in [0.25, 0.3) is 0 Å². The summed E-state index contributed by atoms with van der Waals surface area (Å²) in [7, 11) is -3.48. The van der Waals surface area contributed by atoms with Gasteiger partial charge in [0, 0.05) is 31.2 Å². The summed E-state index contributed by atoms with van der Waals surface area (Å²) >= 11 is 0. The Kier molecular flexibility index (Phi) is 3.90. The number of aromatic nitrogens is 2. The Bertz CT molecular complexity index is 535. The van der Waals surface area contributed by atoms with E-state index in [1.807, 2.05) is 0 Å². The standard InChI is InChI=1S/C10H16N4O3S.ClH/c15-7-10-5-11-1-8(10)4-14(6-10)18(16,17)9-2-12-13-3-9;/h2-3,8,11,15H,1,4-7H2,(H,12,13);1H. The minimum atomic E-state index is -3.48. The van der Waals surface area contributed by atoms with E-state index in [9.17, 15) is 13.5 Å². The molecule has 0 spiro atoms. The molecule has 2 fully saturated rings. The highest BCUT2D eigenvalue weighted by molar-refractivity contribution is 7.89. The van der Waals surface area contributed by atoms with Crippen molar-refractivity contribution in [2.24, 2.45) is 11.3 Å². The summed E-state index contributed by atoms with van der Waals surface area (Å²) in [6, 6.07) is 0. The minimum Gasteiger partial charge on any atom is -0.396 e. The molecule has 0 aliphatic carbocycles. The second-order valence-electron chi connectivity index (χ2n) is 5.08. The number of aromatic amines is 1. The summed E-state index contributed by atoms with van der Waals surface area (Å²) in [5.74, 6) is 0.184. The fraction of sp³-hybridized carbons (Fsp3) is 0.700. The number of hydrogen-bond donors (Lipinski definition) is 3. The number of H-pyrrole nitrogens is 1. The Morgan fingerprint density at radius 3 is 2.95 bits per heavy atom. The largest absolute Gasteiger partial charge is 0.396 e. The number of aliphatic hydroxyl groups is 1. The van der Waals surface area contributed by atoms with Crippen molar-refractivity contribution < 1.29 is 13.5 Å². The summed E-state index contributed by atoms with van der Waals surface area (Å²) < 4.78 is 26.2. The highest BCUT2D eigenvalue weighted by atomic mass is 35.5. The zero-order valence-electron chi connectivity index (χ0n) is 10.2. The van der Waals surface area contributed by atoms with Gasteiger partial charge >= 0.3 is 0 Å². The first-order valence-electron chi connectivity index (χ1n) is 5.89. The first-order valence-corrected chi connectivity index (χ1v) is 7.33. The molecule has 3 heterocycles. The van der Waals surface area contributed by atoms with Crippen LogP contribution in [-0.2, 0) is 10.0 Å². The molecule has 0 amide bonds. The predicted molar refractivity (Wildman–Crippen MR) is 70.5 cm³/mol. The average Bonchev–Trinajstić information content (AvgIpc) is 3.04. The molecule has 0 saturated carbocycles. The number of aliphatic hydroxyl groups excluding tert-OH is 1. The van der Waals surface area contributed by atoms with E-state index in [0.29, 0.717) is 19.6 Å². The number of halogens is 1. The quantitative estimate of drug-likeness (QED) is 0.668. The van der Waals surface area contributed by atoms with Crippen molar-refractivity contribution in [3.8, 4) is 0 Å². The predicted octanol–water partition coefficient (Wildman–Crippen LogP) is -0.966. The van der Waals surface area contributed by atoms with Gasteiger partial charge in [-0.1, -0.05) is 0 Å². The lowest BCUT2D eigenvalue weighted by Gasteiger charge is -2.24. The molecule has 0 bridgehead atoms. The molecule has 2 unspecified atom stereocenters. The van der Waals surface area contributed by atoms with Gasteiger partial charge in [-0.2, -0.15) is 9.40 Å². The molecule has 0 aromatic carbocycles. The van der Waals surface area contributed by atoms with E-state index in [4.69, 9.17) is 0 Å². The van der Waals surface area contributed by atoms with Gasteiger partial charge < -0.3 is 10.4 Å². The normalized spacial score (nSPS) is 31.1. The van der Waals surface area contributed by atoms with Gasteiger partial charge in [-0.25, -0.2) is 8.42 Å². The van der Waals surface area contributed by atoms with Gasteiger partial charge in [-0.15, -0.1) is 12.4 Å². The maximum absolute atomic E-state index is 12.3. The van der Waals surface area contributed by atoms with Crippen LogP contribution in [0.25, 0.3) is 0 Å². The molecule has 9 heteroatoms. The monoisotopic (exact) mass is 308 g/mol. The van der Waals surface area contributed by atoms with Gasteiger partial charge in [0.05, 0.1) is 12.8 Å². The Morgan fingerprint density at radius 1 is 1.58 bits per heavy atom. The SMILES string of the molecule is Cl.O=S(=O)(c1cn[nH]c1)N1CC2CNCC2(CO)C1. The molecular weight excluding hydrogens is 292 g/mol. The molecule has 2 aliphatic rings. The number of sulfonamides is 1. The molecule has 1 aromatic heterocycles. The zero-order chi connectivity index (χ0) is 12.8. The maximum atomic E-state index is 12.3. The van der Waals surface area contributed by atoms with Crippen molar-refractivity contribution in [1.29, 1.82) is 0 Å². The maximum Gasteiger partial charge on any atom is 0.246 e. The van der Waals surface area contributed by atoms with Crippen LogP contribution >= 0.6 is 12.4 Å². The molecule has 7 nitrogen and oxygen atoms in total. The fourth-order valence-corrected chi connectivity index (χ4v) is 4.40. The van der Waals surface area contributed by atoms with Gasteiger partial charge in [-0.3, -0.25) is 5.10 Å². The van der Waals surface area contributed by atoms with E-state index in [1.54, 1.807) is 0 Å². The Hall–Kier alpha value is -0.670.